The lowest BCUT2D eigenvalue weighted by atomic mass is 9.32. The minimum Gasteiger partial charge on any atom is -0.733 e. The molecule has 240 valence electrons. The summed E-state index contributed by atoms with van der Waals surface area (Å²) in [7, 11) is 1.56. The summed E-state index contributed by atoms with van der Waals surface area (Å²) in [5, 5.41) is 20.9. The van der Waals surface area contributed by atoms with Gasteiger partial charge in [-0.15, -0.1) is 0 Å². The van der Waals surface area contributed by atoms with Crippen molar-refractivity contribution in [1.82, 2.24) is 0 Å². The van der Waals surface area contributed by atoms with Gasteiger partial charge in [0.05, 0.1) is 18.2 Å². The van der Waals surface area contributed by atoms with Gasteiger partial charge in [-0.05, 0) is 140 Å². The first kappa shape index (κ1) is 31.5. The van der Waals surface area contributed by atoms with Crippen LogP contribution in [0.5, 0.6) is 0 Å². The van der Waals surface area contributed by atoms with Crippen LogP contribution in [0.15, 0.2) is 42.0 Å². The molecule has 0 spiro atoms. The Kier molecular flexibility index (Phi) is 7.37. The monoisotopic (exact) mass is 602 g/mol. The molecule has 0 heterocycles. The molecule has 0 aromatic heterocycles. The molecule has 0 saturated heterocycles. The topological polar surface area (TPSA) is 89.9 Å². The van der Waals surface area contributed by atoms with Gasteiger partial charge < -0.3 is 15.2 Å². The average molecular weight is 603 g/mol. The van der Waals surface area contributed by atoms with E-state index in [4.69, 9.17) is 4.74 Å². The first-order valence-electron chi connectivity index (χ1n) is 16.8. The number of hydrogen-bond donors (Lipinski definition) is 1. The van der Waals surface area contributed by atoms with Crippen molar-refractivity contribution < 1.29 is 19.5 Å². The minimum atomic E-state index is -0.500. The summed E-state index contributed by atoms with van der Waals surface area (Å²) in [4.78, 5) is 27.7. The van der Waals surface area contributed by atoms with Crippen molar-refractivity contribution in [3.8, 4) is 0 Å². The molecule has 0 bridgehead atoms. The summed E-state index contributed by atoms with van der Waals surface area (Å²) in [6.45, 7) is 18.4. The molecular weight excluding hydrogens is 550 g/mol. The molecular formula is C38H52NO5-. The number of carbonyl (C=O) groups is 2. The zero-order chi connectivity index (χ0) is 32.0. The molecule has 5 aliphatic carbocycles. The van der Waals surface area contributed by atoms with Crippen LogP contribution in [0.1, 0.15) is 105 Å². The Morgan fingerprint density at radius 3 is 2.41 bits per heavy atom. The number of anilines is 1. The van der Waals surface area contributed by atoms with Crippen LogP contribution in [0.4, 0.5) is 5.69 Å². The highest BCUT2D eigenvalue weighted by molar-refractivity contribution is 6.04. The van der Waals surface area contributed by atoms with Crippen molar-refractivity contribution in [3.05, 3.63) is 52.8 Å². The van der Waals surface area contributed by atoms with E-state index in [2.05, 4.69) is 48.1 Å². The first-order chi connectivity index (χ1) is 20.6. The van der Waals surface area contributed by atoms with Crippen LogP contribution in [0.3, 0.4) is 0 Å². The lowest BCUT2D eigenvalue weighted by molar-refractivity contribution is -0.232. The molecule has 0 radical (unpaired) electrons. The third-order valence-corrected chi connectivity index (χ3v) is 14.7. The molecule has 1 N–H and O–H groups in total. The molecule has 0 unspecified atom stereocenters. The predicted octanol–water partition coefficient (Wildman–Crippen LogP) is 8.77. The van der Waals surface area contributed by atoms with E-state index >= 15 is 0 Å². The number of ketones is 1. The Bertz CT molecular complexity index is 1410. The van der Waals surface area contributed by atoms with E-state index in [0.717, 1.165) is 68.9 Å². The number of fused-ring (bicyclic) bond motifs is 7. The number of ether oxygens (including phenoxy) is 1. The van der Waals surface area contributed by atoms with E-state index in [1.54, 1.807) is 25.3 Å². The van der Waals surface area contributed by atoms with Gasteiger partial charge in [0.15, 0.2) is 5.78 Å². The molecule has 1 aromatic carbocycles. The lowest BCUT2D eigenvalue weighted by Gasteiger charge is -2.72. The summed E-state index contributed by atoms with van der Waals surface area (Å²) in [6, 6.07) is 6.83. The summed E-state index contributed by atoms with van der Waals surface area (Å²) < 4.78 is 5.53. The highest BCUT2D eigenvalue weighted by atomic mass is 16.8. The standard InChI is InChI=1S/C38H52NO5/c1-23(2)27-14-17-38(33(41)44-8)19-18-36(6)28(31(27)38)12-13-30-35(5)22-25(20-24-10-9-11-26(21-24)39(42)43)32(40)34(3,4)29(35)15-16-37(30,36)7/h9-11,20-21,27-31,42H,1,12-19,22H2,2-8H3/q-1/t27-,28+,29-,30+,31-,35+,36-,37-,38-/m1/s1. The van der Waals surface area contributed by atoms with Crippen LogP contribution < -0.4 is 5.23 Å². The van der Waals surface area contributed by atoms with Crippen LogP contribution in [0, 0.1) is 61.9 Å². The Hall–Kier alpha value is -2.44. The minimum absolute atomic E-state index is 0.0102. The van der Waals surface area contributed by atoms with E-state index in [1.165, 1.54) is 5.57 Å². The number of hydrogen-bond acceptors (Lipinski definition) is 6. The number of Topliss-reactive ketones (excluding diaryl/α,β-unsaturated/α-hetero) is 1. The maximum Gasteiger partial charge on any atom is 0.312 e. The zero-order valence-corrected chi connectivity index (χ0v) is 27.9. The quantitative estimate of drug-likeness (QED) is 0.160. The van der Waals surface area contributed by atoms with E-state index in [-0.39, 0.29) is 50.7 Å². The second-order valence-corrected chi connectivity index (χ2v) is 16.6. The van der Waals surface area contributed by atoms with Gasteiger partial charge in [-0.2, -0.15) is 0 Å². The van der Waals surface area contributed by atoms with Gasteiger partial charge in [-0.1, -0.05) is 58.9 Å². The van der Waals surface area contributed by atoms with Crippen LogP contribution in [-0.4, -0.2) is 24.1 Å². The molecule has 0 amide bonds. The lowest BCUT2D eigenvalue weighted by Crippen LogP contribution is -2.67. The number of rotatable bonds is 4. The normalized spacial score (nSPS) is 43.3. The van der Waals surface area contributed by atoms with Crippen molar-refractivity contribution in [2.45, 2.75) is 99.3 Å². The van der Waals surface area contributed by atoms with Gasteiger partial charge in [-0.3, -0.25) is 14.8 Å². The van der Waals surface area contributed by atoms with Crippen LogP contribution in [0.25, 0.3) is 6.08 Å². The van der Waals surface area contributed by atoms with E-state index in [9.17, 15) is 20.0 Å². The summed E-state index contributed by atoms with van der Waals surface area (Å²) >= 11 is 0. The first-order valence-corrected chi connectivity index (χ1v) is 16.8. The smallest absolute Gasteiger partial charge is 0.312 e. The third kappa shape index (κ3) is 4.11. The maximum atomic E-state index is 14.1. The molecule has 9 atom stereocenters. The zero-order valence-electron chi connectivity index (χ0n) is 27.9. The second kappa shape index (κ2) is 10.3. The summed E-state index contributed by atoms with van der Waals surface area (Å²) in [5.41, 5.74) is 2.13. The van der Waals surface area contributed by atoms with E-state index in [1.807, 2.05) is 12.1 Å². The van der Waals surface area contributed by atoms with Crippen molar-refractivity contribution in [2.24, 2.45) is 56.7 Å². The van der Waals surface area contributed by atoms with Crippen molar-refractivity contribution in [2.75, 3.05) is 12.3 Å². The van der Waals surface area contributed by atoms with E-state index in [0.29, 0.717) is 17.8 Å². The largest absolute Gasteiger partial charge is 0.733 e. The highest BCUT2D eigenvalue weighted by Crippen LogP contribution is 2.77. The number of benzene rings is 1. The molecule has 44 heavy (non-hydrogen) atoms. The fourth-order valence-corrected chi connectivity index (χ4v) is 12.6. The molecule has 6 heteroatoms. The van der Waals surface area contributed by atoms with Gasteiger partial charge >= 0.3 is 5.97 Å². The Labute approximate surface area is 263 Å². The second-order valence-electron chi connectivity index (χ2n) is 16.6. The van der Waals surface area contributed by atoms with Gasteiger partial charge in [0.2, 0.25) is 0 Å². The number of nitrogens with zero attached hydrogens (tertiary/aromatic N) is 1. The molecule has 0 aliphatic heterocycles. The number of allylic oxidation sites excluding steroid dienone is 2. The molecule has 6 nitrogen and oxygen atoms in total. The number of carbonyl (C=O) groups excluding carboxylic acids is 2. The van der Waals surface area contributed by atoms with E-state index < -0.39 is 10.8 Å². The summed E-state index contributed by atoms with van der Waals surface area (Å²) in [6.07, 6.45) is 10.8. The maximum absolute atomic E-state index is 14.1. The van der Waals surface area contributed by atoms with Crippen molar-refractivity contribution in [3.63, 3.8) is 0 Å². The van der Waals surface area contributed by atoms with Gasteiger partial charge in [0.1, 0.15) is 0 Å². The Morgan fingerprint density at radius 2 is 1.75 bits per heavy atom. The van der Waals surface area contributed by atoms with Gasteiger partial charge in [0, 0.05) is 5.41 Å². The van der Waals surface area contributed by atoms with Gasteiger partial charge in [-0.25, -0.2) is 0 Å². The molecule has 1 aromatic rings. The predicted molar refractivity (Wildman–Crippen MR) is 173 cm³/mol. The highest BCUT2D eigenvalue weighted by Gasteiger charge is 2.72. The summed E-state index contributed by atoms with van der Waals surface area (Å²) in [5.74, 6) is 1.98. The third-order valence-electron chi connectivity index (χ3n) is 14.7. The van der Waals surface area contributed by atoms with Gasteiger partial charge in [0.25, 0.3) is 0 Å². The fourth-order valence-electron chi connectivity index (χ4n) is 12.6. The average Bonchev–Trinajstić information content (AvgIpc) is 3.37. The molecule has 5 saturated carbocycles. The fraction of sp³-hybridized carbons (Fsp3) is 0.684. The van der Waals surface area contributed by atoms with Crippen molar-refractivity contribution in [1.29, 1.82) is 0 Å². The molecule has 6 rings (SSSR count). The number of methoxy groups -OCH3 is 1. The van der Waals surface area contributed by atoms with Crippen LogP contribution in [0.2, 0.25) is 0 Å². The van der Waals surface area contributed by atoms with Crippen LogP contribution >= 0.6 is 0 Å². The molecule has 5 fully saturated rings. The number of esters is 1. The van der Waals surface area contributed by atoms with Crippen molar-refractivity contribution >= 4 is 23.5 Å². The molecule has 5 aliphatic rings. The Balaban J connectivity index is 1.41. The Morgan fingerprint density at radius 1 is 1.02 bits per heavy atom. The van der Waals surface area contributed by atoms with Crippen LogP contribution in [-0.2, 0) is 14.3 Å². The SMILES string of the molecule is C=C(C)[C@H]1CC[C@@]2(C(=O)OC)CC[C@]3(C)[C@@H](CC[C@H]4[C@@]5(C)CC(=Cc6cccc(N([O-])O)c6)C(=O)C(C)(C)[C@H]5CC[C@]43C)[C@@H]12.